The molecule has 0 bridgehead atoms. The second kappa shape index (κ2) is 6.89. The van der Waals surface area contributed by atoms with Gasteiger partial charge in [0, 0.05) is 31.1 Å². The van der Waals surface area contributed by atoms with Crippen molar-refractivity contribution < 1.29 is 9.53 Å². The Morgan fingerprint density at radius 1 is 1.46 bits per heavy atom. The molecule has 1 aliphatic rings. The van der Waals surface area contributed by atoms with Crippen LogP contribution in [0.3, 0.4) is 0 Å². The Kier molecular flexibility index (Phi) is 4.85. The van der Waals surface area contributed by atoms with Crippen LogP contribution in [-0.2, 0) is 4.74 Å². The van der Waals surface area contributed by atoms with E-state index in [4.69, 9.17) is 4.74 Å². The van der Waals surface area contributed by atoms with Crippen molar-refractivity contribution in [3.8, 4) is 0 Å². The van der Waals surface area contributed by atoms with Gasteiger partial charge in [-0.05, 0) is 46.6 Å². The highest BCUT2D eigenvalue weighted by molar-refractivity contribution is 5.98. The Bertz CT molecular complexity index is 736. The first-order valence-electron chi connectivity index (χ1n) is 8.77. The number of aryl methyl sites for hydroxylation is 1. The molecular formula is C18H26N4O2. The van der Waals surface area contributed by atoms with Gasteiger partial charge in [-0.2, -0.15) is 5.10 Å². The molecule has 6 nitrogen and oxygen atoms in total. The number of nitrogens with zero attached hydrogens (tertiary/aromatic N) is 4. The molecule has 1 amide bonds. The first-order valence-corrected chi connectivity index (χ1v) is 8.77. The smallest absolute Gasteiger partial charge is 0.255 e. The quantitative estimate of drug-likeness (QED) is 0.865. The van der Waals surface area contributed by atoms with Crippen LogP contribution in [0.25, 0.3) is 11.0 Å². The molecule has 1 atom stereocenters. The van der Waals surface area contributed by atoms with Crippen molar-refractivity contribution in [2.24, 2.45) is 0 Å². The monoisotopic (exact) mass is 330 g/mol. The van der Waals surface area contributed by atoms with Crippen LogP contribution in [0.2, 0.25) is 0 Å². The maximum Gasteiger partial charge on any atom is 0.255 e. The lowest BCUT2D eigenvalue weighted by atomic mass is 10.1. The van der Waals surface area contributed by atoms with Crippen LogP contribution < -0.4 is 0 Å². The average Bonchev–Trinajstić information content (AvgIpc) is 2.97. The molecule has 0 N–H and O–H groups in total. The van der Waals surface area contributed by atoms with Gasteiger partial charge >= 0.3 is 0 Å². The molecule has 0 aliphatic carbocycles. The number of ether oxygens (including phenoxy) is 1. The number of rotatable bonds is 4. The summed E-state index contributed by atoms with van der Waals surface area (Å²) >= 11 is 0. The zero-order chi connectivity index (χ0) is 17.3. The summed E-state index contributed by atoms with van der Waals surface area (Å²) in [5.74, 6) is 0.0450. The molecule has 6 heteroatoms. The van der Waals surface area contributed by atoms with Crippen molar-refractivity contribution in [1.29, 1.82) is 0 Å². The van der Waals surface area contributed by atoms with Gasteiger partial charge < -0.3 is 9.64 Å². The van der Waals surface area contributed by atoms with Crippen molar-refractivity contribution in [2.75, 3.05) is 19.7 Å². The molecule has 3 heterocycles. The molecule has 2 aromatic rings. The Morgan fingerprint density at radius 3 is 2.96 bits per heavy atom. The lowest BCUT2D eigenvalue weighted by Crippen LogP contribution is -2.43. The third-order valence-corrected chi connectivity index (χ3v) is 4.55. The molecule has 3 rings (SSSR count). The van der Waals surface area contributed by atoms with Gasteiger partial charge in [0.25, 0.3) is 5.91 Å². The van der Waals surface area contributed by atoms with Crippen LogP contribution >= 0.6 is 0 Å². The minimum absolute atomic E-state index is 0.0450. The number of hydrogen-bond donors (Lipinski definition) is 0. The normalized spacial score (nSPS) is 18.5. The van der Waals surface area contributed by atoms with E-state index >= 15 is 0 Å². The highest BCUT2D eigenvalue weighted by Crippen LogP contribution is 2.22. The summed E-state index contributed by atoms with van der Waals surface area (Å²) in [6.07, 6.45) is 3.94. The average molecular weight is 330 g/mol. The lowest BCUT2D eigenvalue weighted by molar-refractivity contribution is 0.00720. The van der Waals surface area contributed by atoms with E-state index in [2.05, 4.69) is 23.9 Å². The predicted octanol–water partition coefficient (Wildman–Crippen LogP) is 2.96. The third-order valence-electron chi connectivity index (χ3n) is 4.55. The highest BCUT2D eigenvalue weighted by Gasteiger charge is 2.26. The Labute approximate surface area is 142 Å². The number of piperidine rings is 1. The van der Waals surface area contributed by atoms with E-state index in [1.807, 2.05) is 29.5 Å². The second-order valence-electron chi connectivity index (χ2n) is 6.69. The summed E-state index contributed by atoms with van der Waals surface area (Å²) in [5, 5.41) is 5.31. The molecule has 1 fully saturated rings. The van der Waals surface area contributed by atoms with E-state index in [1.54, 1.807) is 6.20 Å². The number of likely N-dealkylation sites (tertiary alicyclic amines) is 1. The molecular weight excluding hydrogens is 304 g/mol. The SMILES string of the molecule is CCO[C@H]1CCCN(C(=O)c2cc3cnn(C(C)C)c3nc2C)C1. The van der Waals surface area contributed by atoms with Gasteiger partial charge in [-0.3, -0.25) is 4.79 Å². The topological polar surface area (TPSA) is 60.2 Å². The molecule has 0 saturated carbocycles. The summed E-state index contributed by atoms with van der Waals surface area (Å²) in [5.41, 5.74) is 2.27. The van der Waals surface area contributed by atoms with E-state index in [-0.39, 0.29) is 18.1 Å². The summed E-state index contributed by atoms with van der Waals surface area (Å²) in [6, 6.07) is 2.17. The second-order valence-corrected chi connectivity index (χ2v) is 6.69. The maximum absolute atomic E-state index is 13.0. The first-order chi connectivity index (χ1) is 11.5. The number of aromatic nitrogens is 3. The third kappa shape index (κ3) is 3.15. The number of carbonyl (C=O) groups excluding carboxylic acids is 1. The molecule has 130 valence electrons. The zero-order valence-corrected chi connectivity index (χ0v) is 15.0. The van der Waals surface area contributed by atoms with Crippen molar-refractivity contribution in [1.82, 2.24) is 19.7 Å². The van der Waals surface area contributed by atoms with Gasteiger partial charge in [0.1, 0.15) is 0 Å². The molecule has 1 saturated heterocycles. The minimum Gasteiger partial charge on any atom is -0.377 e. The molecule has 0 radical (unpaired) electrons. The standard InChI is InChI=1S/C18H26N4O2/c1-5-24-15-7-6-8-21(11-15)18(23)16-9-14-10-19-22(12(2)3)17(14)20-13(16)4/h9-10,12,15H,5-8,11H2,1-4H3/t15-/m0/s1. The van der Waals surface area contributed by atoms with Crippen LogP contribution in [0, 0.1) is 6.92 Å². The lowest BCUT2D eigenvalue weighted by Gasteiger charge is -2.32. The van der Waals surface area contributed by atoms with Crippen LogP contribution in [0.15, 0.2) is 12.3 Å². The molecule has 2 aromatic heterocycles. The van der Waals surface area contributed by atoms with Gasteiger partial charge in [-0.1, -0.05) is 0 Å². The Morgan fingerprint density at radius 2 is 2.25 bits per heavy atom. The van der Waals surface area contributed by atoms with Gasteiger partial charge in [-0.25, -0.2) is 9.67 Å². The number of hydrogen-bond acceptors (Lipinski definition) is 4. The van der Waals surface area contributed by atoms with E-state index in [9.17, 15) is 4.79 Å². The number of pyridine rings is 1. The van der Waals surface area contributed by atoms with E-state index in [0.717, 1.165) is 36.1 Å². The summed E-state index contributed by atoms with van der Waals surface area (Å²) in [4.78, 5) is 19.5. The summed E-state index contributed by atoms with van der Waals surface area (Å²) < 4.78 is 7.60. The number of carbonyl (C=O) groups is 1. The van der Waals surface area contributed by atoms with Crippen molar-refractivity contribution in [2.45, 2.75) is 52.7 Å². The van der Waals surface area contributed by atoms with Crippen molar-refractivity contribution in [3.05, 3.63) is 23.5 Å². The van der Waals surface area contributed by atoms with Gasteiger partial charge in [-0.15, -0.1) is 0 Å². The summed E-state index contributed by atoms with van der Waals surface area (Å²) in [7, 11) is 0. The van der Waals surface area contributed by atoms with Gasteiger partial charge in [0.05, 0.1) is 23.6 Å². The van der Waals surface area contributed by atoms with Crippen LogP contribution in [0.5, 0.6) is 0 Å². The zero-order valence-electron chi connectivity index (χ0n) is 15.0. The van der Waals surface area contributed by atoms with Crippen molar-refractivity contribution >= 4 is 16.9 Å². The van der Waals surface area contributed by atoms with Gasteiger partial charge in [0.2, 0.25) is 0 Å². The molecule has 0 aromatic carbocycles. The highest BCUT2D eigenvalue weighted by atomic mass is 16.5. The van der Waals surface area contributed by atoms with Gasteiger partial charge in [0.15, 0.2) is 5.65 Å². The fraction of sp³-hybridized carbons (Fsp3) is 0.611. The first kappa shape index (κ1) is 16.9. The number of amides is 1. The predicted molar refractivity (Wildman–Crippen MR) is 93.2 cm³/mol. The van der Waals surface area contributed by atoms with E-state index in [1.165, 1.54) is 0 Å². The summed E-state index contributed by atoms with van der Waals surface area (Å²) in [6.45, 7) is 10.2. The Balaban J connectivity index is 1.88. The van der Waals surface area contributed by atoms with Crippen LogP contribution in [0.4, 0.5) is 0 Å². The fourth-order valence-corrected chi connectivity index (χ4v) is 3.32. The number of fused-ring (bicyclic) bond motifs is 1. The molecule has 1 aliphatic heterocycles. The Hall–Kier alpha value is -1.95. The fourth-order valence-electron chi connectivity index (χ4n) is 3.32. The largest absolute Gasteiger partial charge is 0.377 e. The van der Waals surface area contributed by atoms with Crippen molar-refractivity contribution in [3.63, 3.8) is 0 Å². The minimum atomic E-state index is 0.0450. The molecule has 0 spiro atoms. The molecule has 24 heavy (non-hydrogen) atoms. The van der Waals surface area contributed by atoms with E-state index in [0.29, 0.717) is 18.7 Å². The maximum atomic E-state index is 13.0. The van der Waals surface area contributed by atoms with Crippen LogP contribution in [0.1, 0.15) is 55.7 Å². The van der Waals surface area contributed by atoms with E-state index < -0.39 is 0 Å². The molecule has 0 unspecified atom stereocenters. The van der Waals surface area contributed by atoms with Crippen LogP contribution in [-0.4, -0.2) is 51.4 Å².